The van der Waals surface area contributed by atoms with Crippen molar-refractivity contribution < 1.29 is 13.9 Å². The van der Waals surface area contributed by atoms with Crippen LogP contribution in [0.1, 0.15) is 24.0 Å². The Morgan fingerprint density at radius 3 is 2.54 bits per heavy atom. The van der Waals surface area contributed by atoms with Gasteiger partial charge in [-0.2, -0.15) is 0 Å². The fourth-order valence-electron chi connectivity index (χ4n) is 3.52. The SMILES string of the molecule is COc1ccc(CN(C)C(=O)NC2CCN(Cc3ccccc3)CC2)cc1F. The summed E-state index contributed by atoms with van der Waals surface area (Å²) in [5, 5.41) is 3.10. The summed E-state index contributed by atoms with van der Waals surface area (Å²) in [6.45, 7) is 3.23. The standard InChI is InChI=1S/C22H28FN3O2/c1-25(15-18-8-9-21(28-2)20(23)14-18)22(27)24-19-10-12-26(13-11-19)16-17-6-4-3-5-7-17/h3-9,14,19H,10-13,15-16H2,1-2H3,(H,24,27). The lowest BCUT2D eigenvalue weighted by Crippen LogP contribution is -2.48. The van der Waals surface area contributed by atoms with Gasteiger partial charge in [0.2, 0.25) is 0 Å². The van der Waals surface area contributed by atoms with Crippen molar-refractivity contribution in [3.63, 3.8) is 0 Å². The van der Waals surface area contributed by atoms with Gasteiger partial charge in [0.25, 0.3) is 0 Å². The quantitative estimate of drug-likeness (QED) is 0.826. The topological polar surface area (TPSA) is 44.8 Å². The van der Waals surface area contributed by atoms with Gasteiger partial charge in [-0.05, 0) is 36.1 Å². The van der Waals surface area contributed by atoms with Crippen molar-refractivity contribution in [1.82, 2.24) is 15.1 Å². The monoisotopic (exact) mass is 385 g/mol. The van der Waals surface area contributed by atoms with Crippen LogP contribution in [0.2, 0.25) is 0 Å². The third-order valence-electron chi connectivity index (χ3n) is 5.15. The maximum Gasteiger partial charge on any atom is 0.317 e. The van der Waals surface area contributed by atoms with E-state index in [4.69, 9.17) is 4.74 Å². The Balaban J connectivity index is 1.44. The summed E-state index contributed by atoms with van der Waals surface area (Å²) in [7, 11) is 3.16. The molecule has 1 aliphatic heterocycles. The number of benzene rings is 2. The molecule has 5 nitrogen and oxygen atoms in total. The minimum absolute atomic E-state index is 0.127. The Hall–Kier alpha value is -2.60. The highest BCUT2D eigenvalue weighted by Gasteiger charge is 2.22. The maximum atomic E-state index is 13.8. The van der Waals surface area contributed by atoms with Gasteiger partial charge in [-0.25, -0.2) is 9.18 Å². The third-order valence-corrected chi connectivity index (χ3v) is 5.15. The van der Waals surface area contributed by atoms with Gasteiger partial charge in [-0.3, -0.25) is 4.90 Å². The van der Waals surface area contributed by atoms with Gasteiger partial charge in [0, 0.05) is 39.3 Å². The Labute approximate surface area is 166 Å². The second-order valence-corrected chi connectivity index (χ2v) is 7.31. The lowest BCUT2D eigenvalue weighted by atomic mass is 10.0. The first-order valence-electron chi connectivity index (χ1n) is 9.65. The molecule has 1 N–H and O–H groups in total. The molecule has 1 fully saturated rings. The Morgan fingerprint density at radius 2 is 1.89 bits per heavy atom. The van der Waals surface area contributed by atoms with Crippen LogP contribution in [0, 0.1) is 5.82 Å². The van der Waals surface area contributed by atoms with E-state index in [1.165, 1.54) is 18.7 Å². The third kappa shape index (κ3) is 5.45. The summed E-state index contributed by atoms with van der Waals surface area (Å²) in [5.74, 6) is -0.210. The molecule has 2 aromatic carbocycles. The van der Waals surface area contributed by atoms with E-state index in [2.05, 4.69) is 34.5 Å². The summed E-state index contributed by atoms with van der Waals surface area (Å²) in [6, 6.07) is 15.3. The Morgan fingerprint density at radius 1 is 1.18 bits per heavy atom. The summed E-state index contributed by atoms with van der Waals surface area (Å²) < 4.78 is 18.7. The summed E-state index contributed by atoms with van der Waals surface area (Å²) in [5.41, 5.74) is 2.05. The number of ether oxygens (including phenoxy) is 1. The maximum absolute atomic E-state index is 13.8. The minimum atomic E-state index is -0.417. The molecule has 0 aromatic heterocycles. The molecular formula is C22H28FN3O2. The van der Waals surface area contributed by atoms with Gasteiger partial charge in [0.15, 0.2) is 11.6 Å². The number of piperidine rings is 1. The van der Waals surface area contributed by atoms with Crippen molar-refractivity contribution in [1.29, 1.82) is 0 Å². The van der Waals surface area contributed by atoms with Crippen LogP contribution >= 0.6 is 0 Å². The lowest BCUT2D eigenvalue weighted by molar-refractivity contribution is 0.173. The van der Waals surface area contributed by atoms with E-state index in [-0.39, 0.29) is 17.8 Å². The largest absolute Gasteiger partial charge is 0.494 e. The molecule has 0 aliphatic carbocycles. The smallest absolute Gasteiger partial charge is 0.317 e. The average molecular weight is 385 g/mol. The predicted octanol–water partition coefficient (Wildman–Crippen LogP) is 3.64. The highest BCUT2D eigenvalue weighted by atomic mass is 19.1. The molecule has 3 rings (SSSR count). The van der Waals surface area contributed by atoms with Crippen LogP contribution in [0.5, 0.6) is 5.75 Å². The number of likely N-dealkylation sites (tertiary alicyclic amines) is 1. The number of carbonyl (C=O) groups excluding carboxylic acids is 1. The average Bonchev–Trinajstić information content (AvgIpc) is 2.70. The first-order valence-corrected chi connectivity index (χ1v) is 9.65. The number of carbonyl (C=O) groups is 1. The second kappa shape index (κ2) is 9.55. The number of methoxy groups -OCH3 is 1. The number of hydrogen-bond donors (Lipinski definition) is 1. The first-order chi connectivity index (χ1) is 13.5. The van der Waals surface area contributed by atoms with Gasteiger partial charge < -0.3 is 15.0 Å². The van der Waals surface area contributed by atoms with Crippen molar-refractivity contribution in [3.05, 3.63) is 65.5 Å². The van der Waals surface area contributed by atoms with Gasteiger partial charge >= 0.3 is 6.03 Å². The highest BCUT2D eigenvalue weighted by Crippen LogP contribution is 2.19. The zero-order valence-corrected chi connectivity index (χ0v) is 16.5. The number of urea groups is 1. The van der Waals surface area contributed by atoms with Crippen molar-refractivity contribution in [3.8, 4) is 5.75 Å². The molecule has 6 heteroatoms. The molecular weight excluding hydrogens is 357 g/mol. The highest BCUT2D eigenvalue weighted by molar-refractivity contribution is 5.74. The van der Waals surface area contributed by atoms with Crippen molar-refractivity contribution >= 4 is 6.03 Å². The normalized spacial score (nSPS) is 15.2. The van der Waals surface area contributed by atoms with Crippen LogP contribution in [-0.4, -0.2) is 49.1 Å². The van der Waals surface area contributed by atoms with Crippen molar-refractivity contribution in [2.45, 2.75) is 32.0 Å². The molecule has 0 unspecified atom stereocenters. The number of hydrogen-bond acceptors (Lipinski definition) is 3. The van der Waals surface area contributed by atoms with Crippen LogP contribution in [0.25, 0.3) is 0 Å². The zero-order valence-electron chi connectivity index (χ0n) is 16.5. The van der Waals surface area contributed by atoms with Crippen LogP contribution in [-0.2, 0) is 13.1 Å². The first kappa shape index (κ1) is 20.1. The van der Waals surface area contributed by atoms with Crippen LogP contribution in [0.4, 0.5) is 9.18 Å². The van der Waals surface area contributed by atoms with Crippen LogP contribution < -0.4 is 10.1 Å². The molecule has 150 valence electrons. The molecule has 0 spiro atoms. The number of amides is 2. The fourth-order valence-corrected chi connectivity index (χ4v) is 3.52. The molecule has 1 saturated heterocycles. The Kier molecular flexibility index (Phi) is 6.87. The van der Waals surface area contributed by atoms with E-state index in [9.17, 15) is 9.18 Å². The lowest BCUT2D eigenvalue weighted by Gasteiger charge is -2.33. The minimum Gasteiger partial charge on any atom is -0.494 e. The van der Waals surface area contributed by atoms with Crippen LogP contribution in [0.3, 0.4) is 0 Å². The number of nitrogens with zero attached hydrogens (tertiary/aromatic N) is 2. The van der Waals surface area contributed by atoms with E-state index < -0.39 is 5.82 Å². The molecule has 0 bridgehead atoms. The van der Waals surface area contributed by atoms with E-state index in [1.54, 1.807) is 24.1 Å². The number of halogens is 1. The second-order valence-electron chi connectivity index (χ2n) is 7.31. The molecule has 0 atom stereocenters. The van der Waals surface area contributed by atoms with E-state index in [1.807, 2.05) is 6.07 Å². The molecule has 2 amide bonds. The zero-order chi connectivity index (χ0) is 19.9. The summed E-state index contributed by atoms with van der Waals surface area (Å²) in [6.07, 6.45) is 1.87. The van der Waals surface area contributed by atoms with Gasteiger partial charge in [-0.15, -0.1) is 0 Å². The van der Waals surface area contributed by atoms with Crippen molar-refractivity contribution in [2.24, 2.45) is 0 Å². The molecule has 28 heavy (non-hydrogen) atoms. The van der Waals surface area contributed by atoms with E-state index >= 15 is 0 Å². The summed E-state index contributed by atoms with van der Waals surface area (Å²) in [4.78, 5) is 16.5. The van der Waals surface area contributed by atoms with Gasteiger partial charge in [0.1, 0.15) is 0 Å². The molecule has 0 saturated carbocycles. The Bertz CT molecular complexity index is 777. The number of rotatable bonds is 6. The molecule has 1 heterocycles. The summed E-state index contributed by atoms with van der Waals surface area (Å²) >= 11 is 0. The predicted molar refractivity (Wildman–Crippen MR) is 108 cm³/mol. The molecule has 1 aliphatic rings. The van der Waals surface area contributed by atoms with Crippen LogP contribution in [0.15, 0.2) is 48.5 Å². The number of nitrogens with one attached hydrogen (secondary N) is 1. The van der Waals surface area contributed by atoms with Gasteiger partial charge in [-0.1, -0.05) is 36.4 Å². The van der Waals surface area contributed by atoms with Crippen molar-refractivity contribution in [2.75, 3.05) is 27.2 Å². The van der Waals surface area contributed by atoms with Gasteiger partial charge in [0.05, 0.1) is 7.11 Å². The molecule has 0 radical (unpaired) electrons. The van der Waals surface area contributed by atoms with E-state index in [0.29, 0.717) is 6.54 Å². The van der Waals surface area contributed by atoms with E-state index in [0.717, 1.165) is 38.0 Å². The molecule has 2 aromatic rings. The fraction of sp³-hybridized carbons (Fsp3) is 0.409.